The summed E-state index contributed by atoms with van der Waals surface area (Å²) in [6.45, 7) is 0. The van der Waals surface area contributed by atoms with E-state index in [0.717, 1.165) is 44.4 Å². The van der Waals surface area contributed by atoms with Crippen molar-refractivity contribution in [2.45, 2.75) is 0 Å². The zero-order chi connectivity index (χ0) is 30.6. The number of nitriles is 1. The molecule has 0 spiro atoms. The number of aromatic nitrogens is 2. The van der Waals surface area contributed by atoms with Crippen molar-refractivity contribution in [3.05, 3.63) is 157 Å². The van der Waals surface area contributed by atoms with Crippen molar-refractivity contribution in [3.8, 4) is 73.2 Å². The smallest absolute Gasteiger partial charge is 0.160 e. The van der Waals surface area contributed by atoms with Crippen LogP contribution in [0.15, 0.2) is 152 Å². The van der Waals surface area contributed by atoms with Crippen LogP contribution in [-0.2, 0) is 0 Å². The lowest BCUT2D eigenvalue weighted by Crippen LogP contribution is -1.99. The molecule has 0 radical (unpaired) electrons. The Morgan fingerprint density at radius 3 is 1.83 bits per heavy atom. The average Bonchev–Trinajstić information content (AvgIpc) is 3.47. The molecule has 1 aliphatic carbocycles. The Balaban J connectivity index is 1.46. The standard InChI is InChI=1S/C43H25N3/c44-26-27-21-23-31(24-22-27)43-45-37-20-8-7-17-32(37)42(46-43)36-25-35(28-11-3-1-4-12-28)40-33-18-9-15-29-16-10-19-34(38(29)33)41(40)39(36)30-13-5-2-6-14-30/h1-25H. The van der Waals surface area contributed by atoms with Gasteiger partial charge in [0.15, 0.2) is 5.82 Å². The number of fused-ring (bicyclic) bond motifs is 4. The zero-order valence-electron chi connectivity index (χ0n) is 24.8. The van der Waals surface area contributed by atoms with Crippen molar-refractivity contribution in [1.29, 1.82) is 5.26 Å². The van der Waals surface area contributed by atoms with Gasteiger partial charge in [0.25, 0.3) is 0 Å². The SMILES string of the molecule is N#Cc1ccc(-c2nc(-c3cc(-c4ccccc4)c4c(c3-c3ccccc3)-c3cccc5cccc-4c35)c3ccccc3n2)cc1. The van der Waals surface area contributed by atoms with Gasteiger partial charge in [0.1, 0.15) is 0 Å². The molecule has 0 saturated heterocycles. The van der Waals surface area contributed by atoms with Gasteiger partial charge in [0.2, 0.25) is 0 Å². The van der Waals surface area contributed by atoms with Crippen LogP contribution in [0.3, 0.4) is 0 Å². The predicted molar refractivity (Wildman–Crippen MR) is 188 cm³/mol. The summed E-state index contributed by atoms with van der Waals surface area (Å²) in [4.78, 5) is 10.4. The van der Waals surface area contributed by atoms with Gasteiger partial charge in [-0.25, -0.2) is 9.97 Å². The summed E-state index contributed by atoms with van der Waals surface area (Å²) in [5.74, 6) is 0.629. The minimum Gasteiger partial charge on any atom is -0.228 e. The second-order valence-corrected chi connectivity index (χ2v) is 11.6. The maximum Gasteiger partial charge on any atom is 0.160 e. The van der Waals surface area contributed by atoms with Crippen molar-refractivity contribution >= 4 is 21.7 Å². The quantitative estimate of drug-likeness (QED) is 0.207. The highest BCUT2D eigenvalue weighted by atomic mass is 14.9. The number of hydrogen-bond acceptors (Lipinski definition) is 3. The number of rotatable bonds is 4. The molecule has 3 nitrogen and oxygen atoms in total. The molecular weight excluding hydrogens is 558 g/mol. The molecular formula is C43H25N3. The Hall–Kier alpha value is -6.37. The fraction of sp³-hybridized carbons (Fsp3) is 0. The minimum absolute atomic E-state index is 0.607. The summed E-state index contributed by atoms with van der Waals surface area (Å²) in [6, 6.07) is 55.0. The number of nitrogens with zero attached hydrogens (tertiary/aromatic N) is 3. The molecule has 7 aromatic carbocycles. The van der Waals surface area contributed by atoms with Crippen LogP contribution >= 0.6 is 0 Å². The monoisotopic (exact) mass is 583 g/mol. The number of benzene rings is 7. The van der Waals surface area contributed by atoms with Crippen molar-refractivity contribution in [2.24, 2.45) is 0 Å². The summed E-state index contributed by atoms with van der Waals surface area (Å²) in [6.07, 6.45) is 0. The summed E-state index contributed by atoms with van der Waals surface area (Å²) in [7, 11) is 0. The minimum atomic E-state index is 0.607. The lowest BCUT2D eigenvalue weighted by Gasteiger charge is -2.21. The molecule has 9 rings (SSSR count). The van der Waals surface area contributed by atoms with Crippen molar-refractivity contribution in [3.63, 3.8) is 0 Å². The van der Waals surface area contributed by atoms with E-state index in [9.17, 15) is 5.26 Å². The van der Waals surface area contributed by atoms with Gasteiger partial charge in [-0.15, -0.1) is 0 Å². The third kappa shape index (κ3) is 3.98. The zero-order valence-corrected chi connectivity index (χ0v) is 24.8. The van der Waals surface area contributed by atoms with Crippen LogP contribution in [0.25, 0.3) is 88.8 Å². The molecule has 0 N–H and O–H groups in total. The van der Waals surface area contributed by atoms with E-state index in [1.165, 1.54) is 38.6 Å². The van der Waals surface area contributed by atoms with Crippen molar-refractivity contribution in [1.82, 2.24) is 9.97 Å². The van der Waals surface area contributed by atoms with Crippen LogP contribution in [0.2, 0.25) is 0 Å². The topological polar surface area (TPSA) is 49.6 Å². The fourth-order valence-electron chi connectivity index (χ4n) is 7.03. The average molecular weight is 584 g/mol. The largest absolute Gasteiger partial charge is 0.228 e. The van der Waals surface area contributed by atoms with E-state index in [2.05, 4.69) is 127 Å². The molecule has 0 unspecified atom stereocenters. The van der Waals surface area contributed by atoms with Gasteiger partial charge in [-0.3, -0.25) is 0 Å². The first-order chi connectivity index (χ1) is 22.8. The van der Waals surface area contributed by atoms with E-state index >= 15 is 0 Å². The Morgan fingerprint density at radius 1 is 0.457 bits per heavy atom. The second-order valence-electron chi connectivity index (χ2n) is 11.6. The molecule has 0 saturated carbocycles. The molecule has 0 bridgehead atoms. The lowest BCUT2D eigenvalue weighted by molar-refractivity contribution is 1.23. The van der Waals surface area contributed by atoms with Crippen LogP contribution in [0.5, 0.6) is 0 Å². The Labute approximate surface area is 266 Å². The third-order valence-corrected chi connectivity index (χ3v) is 9.05. The molecule has 8 aromatic rings. The van der Waals surface area contributed by atoms with Gasteiger partial charge in [-0.1, -0.05) is 115 Å². The summed E-state index contributed by atoms with van der Waals surface area (Å²) >= 11 is 0. The second kappa shape index (κ2) is 10.4. The van der Waals surface area contributed by atoms with Crippen molar-refractivity contribution < 1.29 is 0 Å². The maximum absolute atomic E-state index is 9.41. The molecule has 0 fully saturated rings. The Bertz CT molecular complexity index is 2500. The Kier molecular flexibility index (Phi) is 5.88. The van der Waals surface area contributed by atoms with Crippen LogP contribution in [0, 0.1) is 11.3 Å². The molecule has 1 aliphatic rings. The molecule has 3 heteroatoms. The van der Waals surface area contributed by atoms with Crippen LogP contribution in [-0.4, -0.2) is 9.97 Å². The molecule has 0 amide bonds. The molecule has 212 valence electrons. The molecule has 46 heavy (non-hydrogen) atoms. The summed E-state index contributed by atoms with van der Waals surface area (Å²) in [5, 5.41) is 12.9. The lowest BCUT2D eigenvalue weighted by atomic mass is 9.83. The number of hydrogen-bond donors (Lipinski definition) is 0. The van der Waals surface area contributed by atoms with E-state index < -0.39 is 0 Å². The third-order valence-electron chi connectivity index (χ3n) is 9.05. The fourth-order valence-corrected chi connectivity index (χ4v) is 7.03. The van der Waals surface area contributed by atoms with Gasteiger partial charge >= 0.3 is 0 Å². The van der Waals surface area contributed by atoms with E-state index in [-0.39, 0.29) is 0 Å². The van der Waals surface area contributed by atoms with Gasteiger partial charge in [0.05, 0.1) is 22.8 Å². The van der Waals surface area contributed by atoms with Crippen LogP contribution in [0.4, 0.5) is 0 Å². The highest BCUT2D eigenvalue weighted by Crippen LogP contribution is 2.57. The Morgan fingerprint density at radius 2 is 1.11 bits per heavy atom. The molecule has 1 heterocycles. The normalized spacial score (nSPS) is 11.5. The predicted octanol–water partition coefficient (Wildman–Crippen LogP) is 11.0. The van der Waals surface area contributed by atoms with Crippen LogP contribution < -0.4 is 0 Å². The number of para-hydroxylation sites is 1. The first-order valence-corrected chi connectivity index (χ1v) is 15.4. The van der Waals surface area contributed by atoms with Crippen LogP contribution in [0.1, 0.15) is 5.56 Å². The summed E-state index contributed by atoms with van der Waals surface area (Å²) < 4.78 is 0. The van der Waals surface area contributed by atoms with E-state index in [4.69, 9.17) is 9.97 Å². The van der Waals surface area contributed by atoms with Gasteiger partial charge in [-0.05, 0) is 91.7 Å². The highest BCUT2D eigenvalue weighted by Gasteiger charge is 2.31. The maximum atomic E-state index is 9.41. The van der Waals surface area contributed by atoms with E-state index in [0.29, 0.717) is 11.4 Å². The van der Waals surface area contributed by atoms with Crippen molar-refractivity contribution in [2.75, 3.05) is 0 Å². The molecule has 0 aliphatic heterocycles. The van der Waals surface area contributed by atoms with E-state index in [1.807, 2.05) is 30.3 Å². The van der Waals surface area contributed by atoms with Gasteiger partial charge in [0, 0.05) is 16.5 Å². The first kappa shape index (κ1) is 26.1. The molecule has 0 atom stereocenters. The highest BCUT2D eigenvalue weighted by molar-refractivity contribution is 6.23. The van der Waals surface area contributed by atoms with E-state index in [1.54, 1.807) is 0 Å². The van der Waals surface area contributed by atoms with Gasteiger partial charge < -0.3 is 0 Å². The van der Waals surface area contributed by atoms with Gasteiger partial charge in [-0.2, -0.15) is 5.26 Å². The summed E-state index contributed by atoms with van der Waals surface area (Å²) in [5.41, 5.74) is 13.9. The molecule has 1 aromatic heterocycles. The first-order valence-electron chi connectivity index (χ1n) is 15.4.